The molecule has 0 aromatic carbocycles. The number of hydrogen-bond donors (Lipinski definition) is 1. The van der Waals surface area contributed by atoms with Crippen LogP contribution < -0.4 is 5.56 Å². The smallest absolute Gasteiger partial charge is 0.255 e. The van der Waals surface area contributed by atoms with Crippen LogP contribution >= 0.6 is 11.8 Å². The number of allylic oxidation sites excluding steroid dienone is 1. The maximum absolute atomic E-state index is 12.0. The summed E-state index contributed by atoms with van der Waals surface area (Å²) < 4.78 is 0. The summed E-state index contributed by atoms with van der Waals surface area (Å²) in [6, 6.07) is 0. The van der Waals surface area contributed by atoms with Gasteiger partial charge in [0.05, 0.1) is 5.75 Å². The van der Waals surface area contributed by atoms with E-state index in [1.54, 1.807) is 0 Å². The maximum atomic E-state index is 12.0. The number of aromatic amines is 1. The number of rotatable bonds is 5. The summed E-state index contributed by atoms with van der Waals surface area (Å²) >= 11 is 1.27. The van der Waals surface area contributed by atoms with E-state index in [1.807, 2.05) is 34.6 Å². The lowest BCUT2D eigenvalue weighted by Gasteiger charge is -2.15. The van der Waals surface area contributed by atoms with Crippen LogP contribution in [0.5, 0.6) is 0 Å². The quantitative estimate of drug-likeness (QED) is 0.515. The van der Waals surface area contributed by atoms with Crippen molar-refractivity contribution < 1.29 is 4.79 Å². The van der Waals surface area contributed by atoms with E-state index in [0.717, 1.165) is 5.57 Å². The van der Waals surface area contributed by atoms with E-state index in [4.69, 9.17) is 0 Å². The Balaban J connectivity index is 2.87. The van der Waals surface area contributed by atoms with Crippen molar-refractivity contribution in [2.75, 3.05) is 5.75 Å². The van der Waals surface area contributed by atoms with Gasteiger partial charge in [0.1, 0.15) is 5.78 Å². The van der Waals surface area contributed by atoms with Crippen molar-refractivity contribution in [2.24, 2.45) is 5.41 Å². The molecule has 0 aliphatic carbocycles. The monoisotopic (exact) mass is 294 g/mol. The third kappa shape index (κ3) is 4.63. The first kappa shape index (κ1) is 16.7. The first-order valence-corrected chi connectivity index (χ1v) is 7.50. The third-order valence-corrected chi connectivity index (χ3v) is 3.73. The van der Waals surface area contributed by atoms with Gasteiger partial charge in [0.2, 0.25) is 0 Å². The van der Waals surface area contributed by atoms with Gasteiger partial charge in [0, 0.05) is 23.1 Å². The molecule has 0 amide bonds. The Bertz CT molecular complexity index is 583. The molecule has 0 atom stereocenters. The van der Waals surface area contributed by atoms with E-state index in [9.17, 15) is 9.59 Å². The maximum Gasteiger partial charge on any atom is 0.255 e. The Morgan fingerprint density at radius 1 is 1.40 bits per heavy atom. The highest BCUT2D eigenvalue weighted by Crippen LogP contribution is 2.21. The number of aromatic nitrogens is 2. The van der Waals surface area contributed by atoms with Crippen LogP contribution in [0.4, 0.5) is 0 Å². The molecule has 0 bridgehead atoms. The van der Waals surface area contributed by atoms with Gasteiger partial charge in [-0.15, -0.1) is 0 Å². The molecule has 0 saturated carbocycles. The van der Waals surface area contributed by atoms with Crippen molar-refractivity contribution in [3.63, 3.8) is 0 Å². The molecule has 4 nitrogen and oxygen atoms in total. The third-order valence-electron chi connectivity index (χ3n) is 2.86. The first-order valence-electron chi connectivity index (χ1n) is 6.51. The van der Waals surface area contributed by atoms with E-state index in [-0.39, 0.29) is 16.8 Å². The Morgan fingerprint density at radius 3 is 2.45 bits per heavy atom. The van der Waals surface area contributed by atoms with E-state index in [0.29, 0.717) is 28.6 Å². The van der Waals surface area contributed by atoms with E-state index < -0.39 is 0 Å². The Labute approximate surface area is 124 Å². The Morgan fingerprint density at radius 2 is 2.00 bits per heavy atom. The summed E-state index contributed by atoms with van der Waals surface area (Å²) in [4.78, 5) is 31.0. The van der Waals surface area contributed by atoms with Crippen LogP contribution in [-0.2, 0) is 11.2 Å². The second kappa shape index (κ2) is 6.39. The van der Waals surface area contributed by atoms with Gasteiger partial charge in [0.25, 0.3) is 5.56 Å². The Kier molecular flexibility index (Phi) is 5.34. The molecule has 1 aromatic heterocycles. The average molecular weight is 294 g/mol. The fourth-order valence-corrected chi connectivity index (χ4v) is 2.58. The second-order valence-electron chi connectivity index (χ2n) is 6.03. The lowest BCUT2D eigenvalue weighted by Crippen LogP contribution is -2.23. The summed E-state index contributed by atoms with van der Waals surface area (Å²) in [6.45, 7) is 13.1. The molecule has 0 saturated heterocycles. The molecular weight excluding hydrogens is 272 g/mol. The number of hydrogen-bond acceptors (Lipinski definition) is 4. The number of carbonyl (C=O) groups excluding carboxylic acids is 1. The molecule has 0 aliphatic rings. The van der Waals surface area contributed by atoms with E-state index >= 15 is 0 Å². The first-order chi connectivity index (χ1) is 9.11. The highest BCUT2D eigenvalue weighted by molar-refractivity contribution is 7.99. The molecule has 1 aromatic rings. The number of ketones is 1. The highest BCUT2D eigenvalue weighted by Gasteiger charge is 2.21. The van der Waals surface area contributed by atoms with Crippen LogP contribution in [0.15, 0.2) is 22.1 Å². The number of aryl methyl sites for hydroxylation is 1. The summed E-state index contributed by atoms with van der Waals surface area (Å²) in [5, 5.41) is 0.496. The lowest BCUT2D eigenvalue weighted by molar-refractivity contribution is -0.123. The minimum atomic E-state index is -0.373. The van der Waals surface area contributed by atoms with Gasteiger partial charge >= 0.3 is 0 Å². The van der Waals surface area contributed by atoms with Gasteiger partial charge in [-0.1, -0.05) is 44.7 Å². The lowest BCUT2D eigenvalue weighted by atomic mass is 9.92. The number of thioether (sulfide) groups is 1. The molecule has 1 rings (SSSR count). The molecule has 0 aliphatic heterocycles. The number of nitrogens with one attached hydrogen (secondary N) is 1. The van der Waals surface area contributed by atoms with Crippen LogP contribution in [0.2, 0.25) is 0 Å². The molecule has 0 unspecified atom stereocenters. The van der Waals surface area contributed by atoms with Crippen LogP contribution in [0.3, 0.4) is 0 Å². The molecule has 110 valence electrons. The van der Waals surface area contributed by atoms with Crippen LogP contribution in [0.1, 0.15) is 39.0 Å². The van der Waals surface area contributed by atoms with Crippen molar-refractivity contribution in [3.8, 4) is 0 Å². The average Bonchev–Trinajstić information content (AvgIpc) is 2.29. The van der Waals surface area contributed by atoms with Gasteiger partial charge in [-0.05, 0) is 13.8 Å². The SMILES string of the molecule is C=C(C)Cc1c(C)nc(SCC(=O)C(C)(C)C)[nH]c1=O. The van der Waals surface area contributed by atoms with Gasteiger partial charge < -0.3 is 4.98 Å². The van der Waals surface area contributed by atoms with Gasteiger partial charge in [-0.25, -0.2) is 4.98 Å². The molecule has 0 fully saturated rings. The van der Waals surface area contributed by atoms with Crippen LogP contribution in [0.25, 0.3) is 0 Å². The largest absolute Gasteiger partial charge is 0.301 e. The summed E-state index contributed by atoms with van der Waals surface area (Å²) in [6.07, 6.45) is 0.528. The second-order valence-corrected chi connectivity index (χ2v) is 6.99. The molecule has 0 radical (unpaired) electrons. The zero-order chi connectivity index (χ0) is 15.5. The number of Topliss-reactive ketones (excluding diaryl/α,β-unsaturated/α-hetero) is 1. The fraction of sp³-hybridized carbons (Fsp3) is 0.533. The van der Waals surface area contributed by atoms with E-state index in [2.05, 4.69) is 16.5 Å². The zero-order valence-corrected chi connectivity index (χ0v) is 13.6. The van der Waals surface area contributed by atoms with Crippen molar-refractivity contribution in [3.05, 3.63) is 33.8 Å². The van der Waals surface area contributed by atoms with Gasteiger partial charge in [-0.3, -0.25) is 9.59 Å². The minimum Gasteiger partial charge on any atom is -0.301 e. The van der Waals surface area contributed by atoms with Gasteiger partial charge in [0.15, 0.2) is 5.16 Å². The van der Waals surface area contributed by atoms with Crippen LogP contribution in [0, 0.1) is 12.3 Å². The number of H-pyrrole nitrogens is 1. The predicted molar refractivity (Wildman–Crippen MR) is 83.3 cm³/mol. The van der Waals surface area contributed by atoms with Crippen molar-refractivity contribution in [2.45, 2.75) is 46.2 Å². The molecule has 20 heavy (non-hydrogen) atoms. The molecule has 5 heteroatoms. The normalized spacial score (nSPS) is 11.4. The topological polar surface area (TPSA) is 62.8 Å². The summed E-state index contributed by atoms with van der Waals surface area (Å²) in [5.74, 6) is 0.444. The van der Waals surface area contributed by atoms with Crippen molar-refractivity contribution in [1.29, 1.82) is 0 Å². The van der Waals surface area contributed by atoms with Crippen LogP contribution in [-0.4, -0.2) is 21.5 Å². The van der Waals surface area contributed by atoms with Crippen molar-refractivity contribution in [1.82, 2.24) is 9.97 Å². The standard InChI is InChI=1S/C15H22N2O2S/c1-9(2)7-11-10(3)16-14(17-13(11)19)20-8-12(18)15(4,5)6/h1,7-8H2,2-6H3,(H,16,17,19). The van der Waals surface area contributed by atoms with Gasteiger partial charge in [-0.2, -0.15) is 0 Å². The minimum absolute atomic E-state index is 0.133. The highest BCUT2D eigenvalue weighted by atomic mass is 32.2. The number of nitrogens with zero attached hydrogens (tertiary/aromatic N) is 1. The van der Waals surface area contributed by atoms with E-state index in [1.165, 1.54) is 11.8 Å². The molecule has 1 heterocycles. The summed E-state index contributed by atoms with van der Waals surface area (Å²) in [7, 11) is 0. The zero-order valence-electron chi connectivity index (χ0n) is 12.8. The molecular formula is C15H22N2O2S. The van der Waals surface area contributed by atoms with Crippen molar-refractivity contribution >= 4 is 17.5 Å². The predicted octanol–water partition coefficient (Wildman–Crippen LogP) is 2.90. The Hall–Kier alpha value is -1.36. The molecule has 1 N–H and O–H groups in total. The fourth-order valence-electron chi connectivity index (χ4n) is 1.51. The molecule has 0 spiro atoms. The summed E-state index contributed by atoms with van der Waals surface area (Å²) in [5.41, 5.74) is 1.74. The number of carbonyl (C=O) groups is 1.